The Bertz CT molecular complexity index is 594. The van der Waals surface area contributed by atoms with Crippen LogP contribution in [-0.2, 0) is 4.74 Å². The molecule has 0 radical (unpaired) electrons. The molecule has 23 heavy (non-hydrogen) atoms. The van der Waals surface area contributed by atoms with E-state index in [0.29, 0.717) is 28.6 Å². The van der Waals surface area contributed by atoms with E-state index >= 15 is 0 Å². The summed E-state index contributed by atoms with van der Waals surface area (Å²) in [6.07, 6.45) is 2.02. The van der Waals surface area contributed by atoms with Crippen molar-refractivity contribution in [3.05, 3.63) is 22.7 Å². The summed E-state index contributed by atoms with van der Waals surface area (Å²) in [7, 11) is 1.51. The number of anilines is 1. The van der Waals surface area contributed by atoms with Crippen LogP contribution in [0.5, 0.6) is 5.75 Å². The molecule has 0 aliphatic carbocycles. The van der Waals surface area contributed by atoms with Gasteiger partial charge in [0.05, 0.1) is 42.6 Å². The zero-order chi connectivity index (χ0) is 16.4. The van der Waals surface area contributed by atoms with E-state index in [0.717, 1.165) is 32.5 Å². The van der Waals surface area contributed by atoms with E-state index in [2.05, 4.69) is 10.2 Å². The minimum absolute atomic E-state index is 0.0672. The Labute approximate surface area is 140 Å². The van der Waals surface area contributed by atoms with Gasteiger partial charge >= 0.3 is 0 Å². The maximum atomic E-state index is 12.7. The highest BCUT2D eigenvalue weighted by atomic mass is 35.5. The van der Waals surface area contributed by atoms with Gasteiger partial charge in [-0.15, -0.1) is 0 Å². The van der Waals surface area contributed by atoms with Crippen molar-refractivity contribution in [2.24, 2.45) is 0 Å². The van der Waals surface area contributed by atoms with Crippen LogP contribution in [0, 0.1) is 0 Å². The van der Waals surface area contributed by atoms with E-state index in [1.165, 1.54) is 7.11 Å². The molecular formula is C16H22ClN3O3. The Morgan fingerprint density at radius 3 is 3.09 bits per heavy atom. The first-order chi connectivity index (χ1) is 11.1. The largest absolute Gasteiger partial charge is 0.496 e. The zero-order valence-electron chi connectivity index (χ0n) is 13.2. The zero-order valence-corrected chi connectivity index (χ0v) is 13.9. The van der Waals surface area contributed by atoms with Gasteiger partial charge in [-0.2, -0.15) is 0 Å². The van der Waals surface area contributed by atoms with Crippen LogP contribution in [0.3, 0.4) is 0 Å². The lowest BCUT2D eigenvalue weighted by molar-refractivity contribution is -0.0359. The lowest BCUT2D eigenvalue weighted by atomic mass is 9.95. The molecule has 3 N–H and O–H groups in total. The Morgan fingerprint density at radius 1 is 1.48 bits per heavy atom. The molecule has 7 heteroatoms. The first kappa shape index (κ1) is 16.4. The number of rotatable bonds is 3. The fraction of sp³-hybridized carbons (Fsp3) is 0.562. The third-order valence-electron chi connectivity index (χ3n) is 4.59. The molecule has 0 bridgehead atoms. The molecule has 2 aliphatic rings. The number of ether oxygens (including phenoxy) is 2. The third kappa shape index (κ3) is 3.39. The predicted molar refractivity (Wildman–Crippen MR) is 89.1 cm³/mol. The van der Waals surface area contributed by atoms with Crippen molar-refractivity contribution in [2.75, 3.05) is 39.1 Å². The number of halogens is 1. The number of benzene rings is 1. The highest BCUT2D eigenvalue weighted by molar-refractivity contribution is 6.33. The lowest BCUT2D eigenvalue weighted by Gasteiger charge is -2.44. The number of carbonyl (C=O) groups is 1. The molecule has 2 heterocycles. The van der Waals surface area contributed by atoms with Crippen LogP contribution in [0.2, 0.25) is 5.02 Å². The maximum absolute atomic E-state index is 12.7. The molecule has 0 saturated carbocycles. The van der Waals surface area contributed by atoms with Crippen molar-refractivity contribution >= 4 is 23.2 Å². The Balaban J connectivity index is 1.77. The average Bonchev–Trinajstić information content (AvgIpc) is 2.57. The van der Waals surface area contributed by atoms with E-state index < -0.39 is 0 Å². The number of amides is 1. The minimum atomic E-state index is -0.193. The van der Waals surface area contributed by atoms with E-state index in [1.54, 1.807) is 12.1 Å². The van der Waals surface area contributed by atoms with Crippen LogP contribution in [0.25, 0.3) is 0 Å². The van der Waals surface area contributed by atoms with Crippen molar-refractivity contribution in [2.45, 2.75) is 24.9 Å². The van der Waals surface area contributed by atoms with Gasteiger partial charge in [0.25, 0.3) is 5.91 Å². The molecule has 2 saturated heterocycles. The smallest absolute Gasteiger partial charge is 0.255 e. The lowest BCUT2D eigenvalue weighted by Crippen LogP contribution is -2.60. The standard InChI is InChI=1S/C16H22ClN3O3/c1-22-15-8-12(18)11(17)7-10(15)16(21)19-13-3-2-4-20-5-6-23-9-14(13)20/h7-8,13-14H,2-6,9,18H2,1H3,(H,19,21)/t13-,14+/m1/s1. The highest BCUT2D eigenvalue weighted by Gasteiger charge is 2.35. The molecule has 2 aliphatic heterocycles. The third-order valence-corrected chi connectivity index (χ3v) is 4.91. The molecule has 3 rings (SSSR count). The normalized spacial score (nSPS) is 24.8. The monoisotopic (exact) mass is 339 g/mol. The van der Waals surface area contributed by atoms with E-state index in [9.17, 15) is 4.79 Å². The number of nitrogens with two attached hydrogens (primary N) is 1. The molecule has 1 aromatic carbocycles. The van der Waals surface area contributed by atoms with Gasteiger partial charge in [0.1, 0.15) is 5.75 Å². The van der Waals surface area contributed by atoms with Crippen LogP contribution < -0.4 is 15.8 Å². The SMILES string of the molecule is COc1cc(N)c(Cl)cc1C(=O)N[C@@H]1CCCN2CCOC[C@@H]12. The molecule has 6 nitrogen and oxygen atoms in total. The molecule has 2 fully saturated rings. The van der Waals surface area contributed by atoms with Gasteiger partial charge in [-0.3, -0.25) is 9.69 Å². The van der Waals surface area contributed by atoms with Crippen LogP contribution >= 0.6 is 11.6 Å². The van der Waals surface area contributed by atoms with E-state index in [-0.39, 0.29) is 18.0 Å². The second-order valence-corrected chi connectivity index (χ2v) is 6.38. The quantitative estimate of drug-likeness (QED) is 0.817. The fourth-order valence-electron chi connectivity index (χ4n) is 3.34. The maximum Gasteiger partial charge on any atom is 0.255 e. The van der Waals surface area contributed by atoms with Gasteiger partial charge in [0.2, 0.25) is 0 Å². The highest BCUT2D eigenvalue weighted by Crippen LogP contribution is 2.29. The number of nitrogens with one attached hydrogen (secondary N) is 1. The summed E-state index contributed by atoms with van der Waals surface area (Å²) < 4.78 is 10.8. The van der Waals surface area contributed by atoms with Gasteiger partial charge in [0, 0.05) is 18.7 Å². The number of hydrogen-bond donors (Lipinski definition) is 2. The molecule has 1 aromatic rings. The molecular weight excluding hydrogens is 318 g/mol. The molecule has 0 aromatic heterocycles. The van der Waals surface area contributed by atoms with Crippen molar-refractivity contribution in [1.82, 2.24) is 10.2 Å². The number of carbonyl (C=O) groups excluding carboxylic acids is 1. The van der Waals surface area contributed by atoms with Crippen molar-refractivity contribution < 1.29 is 14.3 Å². The molecule has 2 atom stereocenters. The Morgan fingerprint density at radius 2 is 2.30 bits per heavy atom. The number of fused-ring (bicyclic) bond motifs is 1. The van der Waals surface area contributed by atoms with Gasteiger partial charge in [-0.1, -0.05) is 11.6 Å². The van der Waals surface area contributed by atoms with Crippen LogP contribution in [0.1, 0.15) is 23.2 Å². The number of morpholine rings is 1. The van der Waals surface area contributed by atoms with Crippen molar-refractivity contribution in [1.29, 1.82) is 0 Å². The molecule has 0 spiro atoms. The average molecular weight is 340 g/mol. The second kappa shape index (κ2) is 6.95. The Kier molecular flexibility index (Phi) is 4.94. The number of nitrogens with zero attached hydrogens (tertiary/aromatic N) is 1. The van der Waals surface area contributed by atoms with E-state index in [4.69, 9.17) is 26.8 Å². The fourth-order valence-corrected chi connectivity index (χ4v) is 3.51. The summed E-state index contributed by atoms with van der Waals surface area (Å²) in [6.45, 7) is 3.41. The number of methoxy groups -OCH3 is 1. The van der Waals surface area contributed by atoms with Gasteiger partial charge in [0.15, 0.2) is 0 Å². The molecule has 126 valence electrons. The first-order valence-electron chi connectivity index (χ1n) is 7.86. The predicted octanol–water partition coefficient (Wildman–Crippen LogP) is 1.52. The van der Waals surface area contributed by atoms with Crippen LogP contribution in [0.15, 0.2) is 12.1 Å². The topological polar surface area (TPSA) is 76.8 Å². The second-order valence-electron chi connectivity index (χ2n) is 5.97. The van der Waals surface area contributed by atoms with Gasteiger partial charge in [-0.05, 0) is 25.5 Å². The summed E-state index contributed by atoms with van der Waals surface area (Å²) in [5.74, 6) is 0.234. The molecule has 1 amide bonds. The summed E-state index contributed by atoms with van der Waals surface area (Å²) in [4.78, 5) is 15.1. The van der Waals surface area contributed by atoms with Crippen LogP contribution in [-0.4, -0.2) is 56.3 Å². The van der Waals surface area contributed by atoms with Crippen molar-refractivity contribution in [3.8, 4) is 5.75 Å². The van der Waals surface area contributed by atoms with Crippen LogP contribution in [0.4, 0.5) is 5.69 Å². The minimum Gasteiger partial charge on any atom is -0.496 e. The van der Waals surface area contributed by atoms with Gasteiger partial charge < -0.3 is 20.5 Å². The number of piperidine rings is 1. The van der Waals surface area contributed by atoms with Crippen molar-refractivity contribution in [3.63, 3.8) is 0 Å². The number of hydrogen-bond acceptors (Lipinski definition) is 5. The summed E-state index contributed by atoms with van der Waals surface area (Å²) in [5.41, 5.74) is 6.57. The number of nitrogen functional groups attached to an aromatic ring is 1. The Hall–Kier alpha value is -1.50. The summed E-state index contributed by atoms with van der Waals surface area (Å²) in [6, 6.07) is 3.44. The van der Waals surface area contributed by atoms with Gasteiger partial charge in [-0.25, -0.2) is 0 Å². The first-order valence-corrected chi connectivity index (χ1v) is 8.23. The van der Waals surface area contributed by atoms with E-state index in [1.807, 2.05) is 0 Å². The summed E-state index contributed by atoms with van der Waals surface area (Å²) >= 11 is 6.05. The molecule has 0 unspecified atom stereocenters. The summed E-state index contributed by atoms with van der Waals surface area (Å²) in [5, 5.41) is 3.46.